The summed E-state index contributed by atoms with van der Waals surface area (Å²) in [5, 5.41) is 6.39. The lowest BCUT2D eigenvalue weighted by molar-refractivity contribution is -0.119. The average Bonchev–Trinajstić information content (AvgIpc) is 2.64. The molecule has 0 saturated heterocycles. The third-order valence-corrected chi connectivity index (χ3v) is 2.40. The van der Waals surface area contributed by atoms with Crippen molar-refractivity contribution in [3.05, 3.63) is 12.4 Å². The first-order valence-electron chi connectivity index (χ1n) is 5.64. The fourth-order valence-electron chi connectivity index (χ4n) is 1.50. The molecule has 1 rings (SSSR count). The van der Waals surface area contributed by atoms with E-state index in [1.165, 1.54) is 12.4 Å². The van der Waals surface area contributed by atoms with E-state index in [2.05, 4.69) is 10.4 Å². The minimum absolute atomic E-state index is 0.0848. The van der Waals surface area contributed by atoms with Gasteiger partial charge in [-0.1, -0.05) is 20.3 Å². The third kappa shape index (κ3) is 4.50. The predicted molar refractivity (Wildman–Crippen MR) is 60.9 cm³/mol. The van der Waals surface area contributed by atoms with Gasteiger partial charge in [0.2, 0.25) is 5.91 Å². The van der Waals surface area contributed by atoms with Gasteiger partial charge in [-0.25, -0.2) is 8.78 Å². The van der Waals surface area contributed by atoms with Crippen LogP contribution < -0.4 is 5.32 Å². The van der Waals surface area contributed by atoms with Crippen LogP contribution in [0.15, 0.2) is 12.4 Å². The molecule has 1 aromatic heterocycles. The molecular weight excluding hydrogens is 228 g/mol. The van der Waals surface area contributed by atoms with Crippen LogP contribution in [-0.2, 0) is 11.3 Å². The van der Waals surface area contributed by atoms with Crippen molar-refractivity contribution in [2.45, 2.75) is 39.7 Å². The van der Waals surface area contributed by atoms with Crippen LogP contribution in [0.5, 0.6) is 0 Å². The van der Waals surface area contributed by atoms with Crippen molar-refractivity contribution in [1.29, 1.82) is 0 Å². The standard InChI is InChI=1S/C11H17F2N3O/c1-3-4-8(2)11(17)15-9-5-14-16(6-9)7-10(12)13/h5-6,8,10H,3-4,7H2,1-2H3,(H,15,17). The molecule has 1 aromatic rings. The Kier molecular flexibility index (Phi) is 5.06. The van der Waals surface area contributed by atoms with Crippen molar-refractivity contribution in [3.8, 4) is 0 Å². The van der Waals surface area contributed by atoms with E-state index in [1.54, 1.807) is 0 Å². The number of anilines is 1. The Bertz CT molecular complexity index is 365. The van der Waals surface area contributed by atoms with Gasteiger partial charge in [-0.15, -0.1) is 0 Å². The molecule has 4 nitrogen and oxygen atoms in total. The number of alkyl halides is 2. The second kappa shape index (κ2) is 6.32. The molecule has 0 aliphatic carbocycles. The molecule has 1 atom stereocenters. The van der Waals surface area contributed by atoms with Crippen molar-refractivity contribution >= 4 is 11.6 Å². The summed E-state index contributed by atoms with van der Waals surface area (Å²) < 4.78 is 25.3. The summed E-state index contributed by atoms with van der Waals surface area (Å²) in [5.41, 5.74) is 0.457. The van der Waals surface area contributed by atoms with Gasteiger partial charge < -0.3 is 5.32 Å². The van der Waals surface area contributed by atoms with Crippen LogP contribution in [0.3, 0.4) is 0 Å². The summed E-state index contributed by atoms with van der Waals surface area (Å²) in [4.78, 5) is 11.6. The zero-order valence-electron chi connectivity index (χ0n) is 9.99. The maximum absolute atomic E-state index is 12.1. The fourth-order valence-corrected chi connectivity index (χ4v) is 1.50. The number of nitrogens with one attached hydrogen (secondary N) is 1. The molecular formula is C11H17F2N3O. The summed E-state index contributed by atoms with van der Waals surface area (Å²) in [6.07, 6.45) is 2.07. The highest BCUT2D eigenvalue weighted by Crippen LogP contribution is 2.11. The van der Waals surface area contributed by atoms with E-state index < -0.39 is 13.0 Å². The molecule has 1 N–H and O–H groups in total. The van der Waals surface area contributed by atoms with Gasteiger partial charge in [0, 0.05) is 12.1 Å². The molecule has 1 amide bonds. The maximum atomic E-state index is 12.1. The Morgan fingerprint density at radius 1 is 1.59 bits per heavy atom. The van der Waals surface area contributed by atoms with Gasteiger partial charge in [-0.2, -0.15) is 5.10 Å². The second-order valence-electron chi connectivity index (χ2n) is 4.02. The van der Waals surface area contributed by atoms with E-state index in [9.17, 15) is 13.6 Å². The van der Waals surface area contributed by atoms with E-state index >= 15 is 0 Å². The number of halogens is 2. The molecule has 0 aliphatic heterocycles. The van der Waals surface area contributed by atoms with Crippen molar-refractivity contribution in [3.63, 3.8) is 0 Å². The van der Waals surface area contributed by atoms with E-state index in [0.717, 1.165) is 17.5 Å². The van der Waals surface area contributed by atoms with Crippen molar-refractivity contribution < 1.29 is 13.6 Å². The SMILES string of the molecule is CCCC(C)C(=O)Nc1cnn(CC(F)F)c1. The lowest BCUT2D eigenvalue weighted by Gasteiger charge is -2.09. The molecule has 96 valence electrons. The molecule has 0 radical (unpaired) electrons. The zero-order chi connectivity index (χ0) is 12.8. The topological polar surface area (TPSA) is 46.9 Å². The Labute approximate surface area is 99.0 Å². The molecule has 1 unspecified atom stereocenters. The van der Waals surface area contributed by atoms with Gasteiger partial charge in [-0.05, 0) is 6.42 Å². The number of carbonyl (C=O) groups is 1. The zero-order valence-corrected chi connectivity index (χ0v) is 9.99. The number of nitrogens with zero attached hydrogens (tertiary/aromatic N) is 2. The van der Waals surface area contributed by atoms with Gasteiger partial charge >= 0.3 is 0 Å². The molecule has 0 fully saturated rings. The monoisotopic (exact) mass is 245 g/mol. The van der Waals surface area contributed by atoms with E-state index in [4.69, 9.17) is 0 Å². The molecule has 6 heteroatoms. The molecule has 0 saturated carbocycles. The number of amides is 1. The molecule has 1 heterocycles. The van der Waals surface area contributed by atoms with Crippen molar-refractivity contribution in [2.24, 2.45) is 5.92 Å². The molecule has 0 bridgehead atoms. The molecule has 0 aliphatic rings. The summed E-state index contributed by atoms with van der Waals surface area (Å²) in [5.74, 6) is -0.193. The molecule has 0 aromatic carbocycles. The Hall–Kier alpha value is -1.46. The molecule has 0 spiro atoms. The number of carbonyl (C=O) groups excluding carboxylic acids is 1. The van der Waals surface area contributed by atoms with Crippen LogP contribution in [0.4, 0.5) is 14.5 Å². The maximum Gasteiger partial charge on any atom is 0.257 e. The predicted octanol–water partition coefficient (Wildman–Crippen LogP) is 2.52. The Balaban J connectivity index is 2.51. The first kappa shape index (κ1) is 13.6. The van der Waals surface area contributed by atoms with Crippen LogP contribution in [0.25, 0.3) is 0 Å². The van der Waals surface area contributed by atoms with Gasteiger partial charge in [0.1, 0.15) is 6.54 Å². The van der Waals surface area contributed by atoms with Crippen LogP contribution in [0.1, 0.15) is 26.7 Å². The van der Waals surface area contributed by atoms with Crippen molar-refractivity contribution in [1.82, 2.24) is 9.78 Å². The third-order valence-electron chi connectivity index (χ3n) is 2.40. The highest BCUT2D eigenvalue weighted by atomic mass is 19.3. The largest absolute Gasteiger partial charge is 0.323 e. The van der Waals surface area contributed by atoms with E-state index in [1.807, 2.05) is 13.8 Å². The van der Waals surface area contributed by atoms with Crippen LogP contribution >= 0.6 is 0 Å². The van der Waals surface area contributed by atoms with Gasteiger partial charge in [0.05, 0.1) is 11.9 Å². The highest BCUT2D eigenvalue weighted by Gasteiger charge is 2.13. The number of hydrogen-bond acceptors (Lipinski definition) is 2. The van der Waals surface area contributed by atoms with Crippen LogP contribution in [0, 0.1) is 5.92 Å². The normalized spacial score (nSPS) is 12.8. The van der Waals surface area contributed by atoms with Gasteiger partial charge in [0.25, 0.3) is 6.43 Å². The fraction of sp³-hybridized carbons (Fsp3) is 0.636. The minimum Gasteiger partial charge on any atom is -0.323 e. The van der Waals surface area contributed by atoms with Crippen molar-refractivity contribution in [2.75, 3.05) is 5.32 Å². The average molecular weight is 245 g/mol. The summed E-state index contributed by atoms with van der Waals surface area (Å²) in [6, 6.07) is 0. The Morgan fingerprint density at radius 3 is 2.88 bits per heavy atom. The smallest absolute Gasteiger partial charge is 0.257 e. The Morgan fingerprint density at radius 2 is 2.29 bits per heavy atom. The first-order valence-corrected chi connectivity index (χ1v) is 5.64. The number of rotatable bonds is 6. The summed E-state index contributed by atoms with van der Waals surface area (Å²) in [6.45, 7) is 3.38. The summed E-state index contributed by atoms with van der Waals surface area (Å²) >= 11 is 0. The minimum atomic E-state index is -2.45. The first-order chi connectivity index (χ1) is 8.02. The highest BCUT2D eigenvalue weighted by molar-refractivity contribution is 5.91. The number of aromatic nitrogens is 2. The van der Waals surface area contributed by atoms with E-state index in [-0.39, 0.29) is 11.8 Å². The summed E-state index contributed by atoms with van der Waals surface area (Å²) in [7, 11) is 0. The van der Waals surface area contributed by atoms with E-state index in [0.29, 0.717) is 5.69 Å². The van der Waals surface area contributed by atoms with Gasteiger partial charge in [-0.3, -0.25) is 9.48 Å². The van der Waals surface area contributed by atoms with Crippen LogP contribution in [0.2, 0.25) is 0 Å². The van der Waals surface area contributed by atoms with Gasteiger partial charge in [0.15, 0.2) is 0 Å². The number of hydrogen-bond donors (Lipinski definition) is 1. The molecule has 17 heavy (non-hydrogen) atoms. The second-order valence-corrected chi connectivity index (χ2v) is 4.02. The van der Waals surface area contributed by atoms with Crippen LogP contribution in [-0.4, -0.2) is 22.1 Å². The lowest BCUT2D eigenvalue weighted by atomic mass is 10.1. The quantitative estimate of drug-likeness (QED) is 0.837. The lowest BCUT2D eigenvalue weighted by Crippen LogP contribution is -2.19.